The highest BCUT2D eigenvalue weighted by molar-refractivity contribution is 6.02. The van der Waals surface area contributed by atoms with Gasteiger partial charge in [0.15, 0.2) is 0 Å². The maximum absolute atomic E-state index is 12.4. The van der Waals surface area contributed by atoms with Crippen LogP contribution in [-0.4, -0.2) is 18.4 Å². The van der Waals surface area contributed by atoms with Crippen LogP contribution in [0.3, 0.4) is 0 Å². The zero-order valence-corrected chi connectivity index (χ0v) is 15.6. The van der Waals surface area contributed by atoms with Crippen LogP contribution in [0.5, 0.6) is 0 Å². The number of amides is 2. The van der Waals surface area contributed by atoms with E-state index in [1.165, 1.54) is 17.4 Å². The molecule has 0 aromatic heterocycles. The van der Waals surface area contributed by atoms with Crippen LogP contribution in [0.4, 0.5) is 11.4 Å². The van der Waals surface area contributed by atoms with E-state index in [1.54, 1.807) is 0 Å². The van der Waals surface area contributed by atoms with Crippen LogP contribution >= 0.6 is 0 Å². The highest BCUT2D eigenvalue weighted by Gasteiger charge is 2.16. The molecule has 4 nitrogen and oxygen atoms in total. The summed E-state index contributed by atoms with van der Waals surface area (Å²) in [6.07, 6.45) is 0. The summed E-state index contributed by atoms with van der Waals surface area (Å²) in [5.74, 6) is 0.0517. The van der Waals surface area contributed by atoms with Crippen molar-refractivity contribution in [3.05, 3.63) is 59.2 Å². The van der Waals surface area contributed by atoms with Gasteiger partial charge in [-0.15, -0.1) is 0 Å². The number of hydrogen-bond donors (Lipinski definition) is 1. The Balaban J connectivity index is 2.12. The first-order valence-corrected chi connectivity index (χ1v) is 8.53. The summed E-state index contributed by atoms with van der Waals surface area (Å²) in [6, 6.07) is 13.6. The quantitative estimate of drug-likeness (QED) is 0.877. The van der Waals surface area contributed by atoms with Crippen LogP contribution in [0.15, 0.2) is 42.5 Å². The summed E-state index contributed by atoms with van der Waals surface area (Å²) in [6.45, 7) is 9.67. The van der Waals surface area contributed by atoms with E-state index in [1.807, 2.05) is 56.3 Å². The molecule has 2 aromatic rings. The van der Waals surface area contributed by atoms with Gasteiger partial charge in [0.1, 0.15) is 6.54 Å². The second kappa shape index (κ2) is 7.97. The van der Waals surface area contributed by atoms with Gasteiger partial charge in [0.05, 0.1) is 0 Å². The highest BCUT2D eigenvalue weighted by Crippen LogP contribution is 2.21. The molecule has 2 rings (SSSR count). The summed E-state index contributed by atoms with van der Waals surface area (Å²) >= 11 is 0. The molecule has 132 valence electrons. The molecule has 25 heavy (non-hydrogen) atoms. The monoisotopic (exact) mass is 338 g/mol. The van der Waals surface area contributed by atoms with Gasteiger partial charge in [0, 0.05) is 18.3 Å². The number of aryl methyl sites for hydroxylation is 2. The molecule has 0 fully saturated rings. The van der Waals surface area contributed by atoms with Gasteiger partial charge in [-0.1, -0.05) is 43.7 Å². The fraction of sp³-hybridized carbons (Fsp3) is 0.333. The third-order valence-electron chi connectivity index (χ3n) is 4.21. The number of anilines is 2. The minimum Gasteiger partial charge on any atom is -0.324 e. The largest absolute Gasteiger partial charge is 0.324 e. The molecule has 0 heterocycles. The Kier molecular flexibility index (Phi) is 5.97. The standard InChI is InChI=1S/C21H26N2O2/c1-14(2)18-7-9-19(10-8-18)23(17(5)24)13-21(25)22-20-11-6-15(3)12-16(20)4/h6-12,14H,13H2,1-5H3,(H,22,25). The van der Waals surface area contributed by atoms with Crippen molar-refractivity contribution < 1.29 is 9.59 Å². The molecule has 0 saturated heterocycles. The predicted octanol–water partition coefficient (Wildman–Crippen LogP) is 4.42. The molecule has 2 aromatic carbocycles. The van der Waals surface area contributed by atoms with E-state index in [-0.39, 0.29) is 18.4 Å². The van der Waals surface area contributed by atoms with Crippen molar-refractivity contribution in [3.8, 4) is 0 Å². The third-order valence-corrected chi connectivity index (χ3v) is 4.21. The first kappa shape index (κ1) is 18.7. The molecule has 0 aliphatic carbocycles. The van der Waals surface area contributed by atoms with E-state index in [9.17, 15) is 9.59 Å². The lowest BCUT2D eigenvalue weighted by atomic mass is 10.0. The van der Waals surface area contributed by atoms with Gasteiger partial charge in [0.25, 0.3) is 0 Å². The van der Waals surface area contributed by atoms with Crippen LogP contribution in [-0.2, 0) is 9.59 Å². The highest BCUT2D eigenvalue weighted by atomic mass is 16.2. The summed E-state index contributed by atoms with van der Waals surface area (Å²) < 4.78 is 0. The van der Waals surface area contributed by atoms with Crippen molar-refractivity contribution in [1.29, 1.82) is 0 Å². The van der Waals surface area contributed by atoms with Crippen molar-refractivity contribution in [1.82, 2.24) is 0 Å². The molecule has 0 aliphatic rings. The predicted molar refractivity (Wildman–Crippen MR) is 103 cm³/mol. The molecule has 0 unspecified atom stereocenters. The van der Waals surface area contributed by atoms with Gasteiger partial charge in [-0.2, -0.15) is 0 Å². The molecule has 0 atom stereocenters. The number of nitrogens with one attached hydrogen (secondary N) is 1. The number of rotatable bonds is 5. The van der Waals surface area contributed by atoms with Crippen molar-refractivity contribution in [2.45, 2.75) is 40.5 Å². The lowest BCUT2D eigenvalue weighted by Gasteiger charge is -2.21. The smallest absolute Gasteiger partial charge is 0.244 e. The normalized spacial score (nSPS) is 10.6. The first-order valence-electron chi connectivity index (χ1n) is 8.53. The molecule has 2 amide bonds. The van der Waals surface area contributed by atoms with Crippen molar-refractivity contribution in [3.63, 3.8) is 0 Å². The maximum atomic E-state index is 12.4. The van der Waals surface area contributed by atoms with Gasteiger partial charge >= 0.3 is 0 Å². The van der Waals surface area contributed by atoms with Gasteiger partial charge in [-0.3, -0.25) is 9.59 Å². The Labute approximate surface area is 149 Å². The number of hydrogen-bond acceptors (Lipinski definition) is 2. The van der Waals surface area contributed by atoms with Gasteiger partial charge < -0.3 is 10.2 Å². The topological polar surface area (TPSA) is 49.4 Å². The molecule has 1 N–H and O–H groups in total. The van der Waals surface area contributed by atoms with Crippen molar-refractivity contribution in [2.75, 3.05) is 16.8 Å². The van der Waals surface area contributed by atoms with Crippen LogP contribution in [0, 0.1) is 13.8 Å². The second-order valence-corrected chi connectivity index (χ2v) is 6.72. The molecular formula is C21H26N2O2. The van der Waals surface area contributed by atoms with E-state index in [0.717, 1.165) is 22.5 Å². The second-order valence-electron chi connectivity index (χ2n) is 6.72. The van der Waals surface area contributed by atoms with Crippen LogP contribution in [0.2, 0.25) is 0 Å². The van der Waals surface area contributed by atoms with Gasteiger partial charge in [-0.05, 0) is 49.1 Å². The van der Waals surface area contributed by atoms with Crippen LogP contribution in [0.25, 0.3) is 0 Å². The zero-order chi connectivity index (χ0) is 18.6. The first-order chi connectivity index (χ1) is 11.8. The van der Waals surface area contributed by atoms with Gasteiger partial charge in [-0.25, -0.2) is 0 Å². The lowest BCUT2D eigenvalue weighted by molar-refractivity contribution is -0.120. The van der Waals surface area contributed by atoms with Crippen LogP contribution in [0.1, 0.15) is 43.4 Å². The minimum atomic E-state index is -0.213. The van der Waals surface area contributed by atoms with E-state index >= 15 is 0 Å². The molecule has 0 bridgehead atoms. The summed E-state index contributed by atoms with van der Waals surface area (Å²) in [5, 5.41) is 2.89. The number of benzene rings is 2. The summed E-state index contributed by atoms with van der Waals surface area (Å²) in [5.41, 5.74) is 4.85. The van der Waals surface area contributed by atoms with Crippen molar-refractivity contribution in [2.24, 2.45) is 0 Å². The SMILES string of the molecule is CC(=O)N(CC(=O)Nc1ccc(C)cc1C)c1ccc(C(C)C)cc1. The molecule has 0 spiro atoms. The van der Waals surface area contributed by atoms with Crippen LogP contribution < -0.4 is 10.2 Å². The number of carbonyl (C=O) groups excluding carboxylic acids is 2. The Hall–Kier alpha value is -2.62. The molecule has 0 saturated carbocycles. The Morgan fingerprint density at radius 1 is 1.04 bits per heavy atom. The van der Waals surface area contributed by atoms with E-state index in [0.29, 0.717) is 5.92 Å². The van der Waals surface area contributed by atoms with Gasteiger partial charge in [0.2, 0.25) is 11.8 Å². The molecule has 0 aliphatic heterocycles. The Morgan fingerprint density at radius 3 is 2.20 bits per heavy atom. The fourth-order valence-electron chi connectivity index (χ4n) is 2.71. The molecular weight excluding hydrogens is 312 g/mol. The van der Waals surface area contributed by atoms with E-state index in [2.05, 4.69) is 19.2 Å². The van der Waals surface area contributed by atoms with Crippen molar-refractivity contribution >= 4 is 23.2 Å². The molecule has 4 heteroatoms. The minimum absolute atomic E-state index is 0.0102. The van der Waals surface area contributed by atoms with E-state index < -0.39 is 0 Å². The average Bonchev–Trinajstić information content (AvgIpc) is 2.55. The number of carbonyl (C=O) groups is 2. The average molecular weight is 338 g/mol. The Morgan fingerprint density at radius 2 is 1.68 bits per heavy atom. The van der Waals surface area contributed by atoms with E-state index in [4.69, 9.17) is 0 Å². The summed E-state index contributed by atoms with van der Waals surface area (Å²) in [7, 11) is 0. The molecule has 0 radical (unpaired) electrons. The third kappa shape index (κ3) is 4.92. The fourth-order valence-corrected chi connectivity index (χ4v) is 2.71. The summed E-state index contributed by atoms with van der Waals surface area (Å²) in [4.78, 5) is 25.9. The Bertz CT molecular complexity index is 764. The maximum Gasteiger partial charge on any atom is 0.244 e. The number of nitrogens with zero attached hydrogens (tertiary/aromatic N) is 1. The zero-order valence-electron chi connectivity index (χ0n) is 15.6. The lowest BCUT2D eigenvalue weighted by Crippen LogP contribution is -2.36.